The number of carbonyl (C=O) groups excluding carboxylic acids is 2. The lowest BCUT2D eigenvalue weighted by molar-refractivity contribution is -0.149. The molecule has 0 atom stereocenters. The highest BCUT2D eigenvalue weighted by Gasteiger charge is 2.39. The number of carbonyl (C=O) groups is 2. The van der Waals surface area contributed by atoms with E-state index in [1.807, 2.05) is 26.0 Å². The standard InChI is InChI=1S/C14H28N4O2/c1-14(2,12(19)15-6-7-16(3)4)13(20)18-10-8-17(5)9-11-18/h6-11H2,1-5H3,(H,15,19). The molecule has 0 aromatic heterocycles. The number of piperazine rings is 1. The van der Waals surface area contributed by atoms with Crippen molar-refractivity contribution in [1.82, 2.24) is 20.0 Å². The molecule has 0 radical (unpaired) electrons. The molecular formula is C14H28N4O2. The van der Waals surface area contributed by atoms with Crippen LogP contribution in [0.15, 0.2) is 0 Å². The predicted molar refractivity (Wildman–Crippen MR) is 79.4 cm³/mol. The Morgan fingerprint density at radius 1 is 1.15 bits per heavy atom. The van der Waals surface area contributed by atoms with Gasteiger partial charge < -0.3 is 20.0 Å². The fraction of sp³-hybridized carbons (Fsp3) is 0.857. The molecule has 0 aromatic rings. The normalized spacial score (nSPS) is 17.4. The molecule has 0 aromatic carbocycles. The predicted octanol–water partition coefficient (Wildman–Crippen LogP) is -0.536. The molecule has 2 amide bonds. The van der Waals surface area contributed by atoms with E-state index < -0.39 is 5.41 Å². The first-order valence-corrected chi connectivity index (χ1v) is 7.16. The van der Waals surface area contributed by atoms with Gasteiger partial charge in [0.05, 0.1) is 0 Å². The van der Waals surface area contributed by atoms with Crippen LogP contribution in [-0.2, 0) is 9.59 Å². The smallest absolute Gasteiger partial charge is 0.237 e. The molecule has 0 bridgehead atoms. The molecule has 116 valence electrons. The molecule has 1 aliphatic rings. The van der Waals surface area contributed by atoms with Gasteiger partial charge in [-0.3, -0.25) is 9.59 Å². The second kappa shape index (κ2) is 7.04. The van der Waals surface area contributed by atoms with Crippen molar-refractivity contribution in [3.63, 3.8) is 0 Å². The summed E-state index contributed by atoms with van der Waals surface area (Å²) in [7, 11) is 5.94. The maximum absolute atomic E-state index is 12.5. The van der Waals surface area contributed by atoms with Gasteiger partial charge in [-0.1, -0.05) is 0 Å². The molecule has 1 aliphatic heterocycles. The minimum Gasteiger partial charge on any atom is -0.354 e. The minimum absolute atomic E-state index is 0.0760. The van der Waals surface area contributed by atoms with Crippen LogP contribution in [0.5, 0.6) is 0 Å². The van der Waals surface area contributed by atoms with Crippen molar-refractivity contribution in [3.8, 4) is 0 Å². The van der Waals surface area contributed by atoms with Crippen molar-refractivity contribution in [3.05, 3.63) is 0 Å². The zero-order valence-electron chi connectivity index (χ0n) is 13.4. The average molecular weight is 284 g/mol. The SMILES string of the molecule is CN(C)CCNC(=O)C(C)(C)C(=O)N1CCN(C)CC1. The van der Waals surface area contributed by atoms with Crippen molar-refractivity contribution < 1.29 is 9.59 Å². The lowest BCUT2D eigenvalue weighted by Gasteiger charge is -2.36. The lowest BCUT2D eigenvalue weighted by Crippen LogP contribution is -2.55. The van der Waals surface area contributed by atoms with Crippen molar-refractivity contribution in [2.75, 3.05) is 60.4 Å². The Hall–Kier alpha value is -1.14. The molecule has 1 rings (SSSR count). The van der Waals surface area contributed by atoms with Gasteiger partial charge >= 0.3 is 0 Å². The number of amides is 2. The number of hydrogen-bond acceptors (Lipinski definition) is 4. The van der Waals surface area contributed by atoms with E-state index in [9.17, 15) is 9.59 Å². The first kappa shape index (κ1) is 16.9. The molecule has 1 saturated heterocycles. The summed E-state index contributed by atoms with van der Waals surface area (Å²) in [5.41, 5.74) is -0.998. The van der Waals surface area contributed by atoms with Crippen LogP contribution in [0.1, 0.15) is 13.8 Å². The summed E-state index contributed by atoms with van der Waals surface area (Å²) in [4.78, 5) is 30.7. The van der Waals surface area contributed by atoms with E-state index in [0.717, 1.165) is 19.6 Å². The molecule has 0 aliphatic carbocycles. The molecule has 1 N–H and O–H groups in total. The topological polar surface area (TPSA) is 55.9 Å². The maximum Gasteiger partial charge on any atom is 0.237 e. The van der Waals surface area contributed by atoms with E-state index in [1.165, 1.54) is 0 Å². The van der Waals surface area contributed by atoms with Crippen molar-refractivity contribution in [2.45, 2.75) is 13.8 Å². The highest BCUT2D eigenvalue weighted by Crippen LogP contribution is 2.20. The van der Waals surface area contributed by atoms with Crippen molar-refractivity contribution in [2.24, 2.45) is 5.41 Å². The van der Waals surface area contributed by atoms with Crippen LogP contribution < -0.4 is 5.32 Å². The van der Waals surface area contributed by atoms with Gasteiger partial charge in [0.2, 0.25) is 11.8 Å². The first-order chi connectivity index (χ1) is 9.25. The van der Waals surface area contributed by atoms with Crippen LogP contribution in [0.4, 0.5) is 0 Å². The van der Waals surface area contributed by atoms with Gasteiger partial charge in [-0.2, -0.15) is 0 Å². The van der Waals surface area contributed by atoms with E-state index in [0.29, 0.717) is 19.6 Å². The number of nitrogens with zero attached hydrogens (tertiary/aromatic N) is 3. The molecule has 0 saturated carbocycles. The zero-order valence-corrected chi connectivity index (χ0v) is 13.4. The Bertz CT molecular complexity index is 347. The van der Waals surface area contributed by atoms with E-state index >= 15 is 0 Å². The van der Waals surface area contributed by atoms with Gasteiger partial charge in [-0.15, -0.1) is 0 Å². The fourth-order valence-corrected chi connectivity index (χ4v) is 2.12. The van der Waals surface area contributed by atoms with Gasteiger partial charge in [-0.25, -0.2) is 0 Å². The Morgan fingerprint density at radius 3 is 2.20 bits per heavy atom. The highest BCUT2D eigenvalue weighted by atomic mass is 16.2. The molecule has 6 nitrogen and oxygen atoms in total. The molecule has 1 heterocycles. The minimum atomic E-state index is -0.998. The summed E-state index contributed by atoms with van der Waals surface area (Å²) in [6.45, 7) is 7.87. The maximum atomic E-state index is 12.5. The summed E-state index contributed by atoms with van der Waals surface area (Å²) < 4.78 is 0. The van der Waals surface area contributed by atoms with E-state index in [-0.39, 0.29) is 11.8 Å². The third-order valence-corrected chi connectivity index (χ3v) is 3.74. The van der Waals surface area contributed by atoms with Gasteiger partial charge in [-0.05, 0) is 35.0 Å². The average Bonchev–Trinajstić information content (AvgIpc) is 2.38. The summed E-state index contributed by atoms with van der Waals surface area (Å²) in [6.07, 6.45) is 0. The van der Waals surface area contributed by atoms with E-state index in [4.69, 9.17) is 0 Å². The third kappa shape index (κ3) is 4.45. The highest BCUT2D eigenvalue weighted by molar-refractivity contribution is 6.04. The summed E-state index contributed by atoms with van der Waals surface area (Å²) >= 11 is 0. The molecule has 20 heavy (non-hydrogen) atoms. The van der Waals surface area contributed by atoms with Crippen LogP contribution in [0.2, 0.25) is 0 Å². The number of hydrogen-bond donors (Lipinski definition) is 1. The van der Waals surface area contributed by atoms with Crippen LogP contribution >= 0.6 is 0 Å². The molecule has 6 heteroatoms. The molecule has 1 fully saturated rings. The van der Waals surface area contributed by atoms with Gasteiger partial charge in [0.25, 0.3) is 0 Å². The Balaban J connectivity index is 2.53. The zero-order chi connectivity index (χ0) is 15.3. The Labute approximate surface area is 122 Å². The second-order valence-corrected chi connectivity index (χ2v) is 6.28. The van der Waals surface area contributed by atoms with Gasteiger partial charge in [0.1, 0.15) is 5.41 Å². The largest absolute Gasteiger partial charge is 0.354 e. The number of nitrogens with one attached hydrogen (secondary N) is 1. The van der Waals surface area contributed by atoms with Gasteiger partial charge in [0, 0.05) is 39.3 Å². The van der Waals surface area contributed by atoms with Gasteiger partial charge in [0.15, 0.2) is 0 Å². The van der Waals surface area contributed by atoms with Crippen LogP contribution in [0, 0.1) is 5.41 Å². The molecular weight excluding hydrogens is 256 g/mol. The fourth-order valence-electron chi connectivity index (χ4n) is 2.12. The molecule has 0 spiro atoms. The van der Waals surface area contributed by atoms with E-state index in [2.05, 4.69) is 10.2 Å². The lowest BCUT2D eigenvalue weighted by atomic mass is 9.90. The van der Waals surface area contributed by atoms with Crippen LogP contribution in [0.25, 0.3) is 0 Å². The third-order valence-electron chi connectivity index (χ3n) is 3.74. The van der Waals surface area contributed by atoms with Crippen LogP contribution in [0.3, 0.4) is 0 Å². The quantitative estimate of drug-likeness (QED) is 0.689. The van der Waals surface area contributed by atoms with Crippen molar-refractivity contribution in [1.29, 1.82) is 0 Å². The van der Waals surface area contributed by atoms with Crippen LogP contribution in [-0.4, -0.2) is 86.9 Å². The summed E-state index contributed by atoms with van der Waals surface area (Å²) in [5, 5.41) is 2.84. The Morgan fingerprint density at radius 2 is 1.70 bits per heavy atom. The second-order valence-electron chi connectivity index (χ2n) is 6.28. The van der Waals surface area contributed by atoms with E-state index in [1.54, 1.807) is 18.7 Å². The summed E-state index contributed by atoms with van der Waals surface area (Å²) in [6, 6.07) is 0. The Kier molecular flexibility index (Phi) is 5.95. The molecule has 0 unspecified atom stereocenters. The first-order valence-electron chi connectivity index (χ1n) is 7.16. The summed E-state index contributed by atoms with van der Waals surface area (Å²) in [5.74, 6) is -0.267. The number of likely N-dealkylation sites (N-methyl/N-ethyl adjacent to an activating group) is 2. The number of rotatable bonds is 5. The van der Waals surface area contributed by atoms with Crippen molar-refractivity contribution >= 4 is 11.8 Å². The monoisotopic (exact) mass is 284 g/mol.